The van der Waals surface area contributed by atoms with E-state index in [1.165, 1.54) is 12.6 Å². The van der Waals surface area contributed by atoms with Crippen LogP contribution in [0.3, 0.4) is 0 Å². The van der Waals surface area contributed by atoms with Gasteiger partial charge < -0.3 is 10.6 Å². The van der Waals surface area contributed by atoms with Crippen molar-refractivity contribution in [3.63, 3.8) is 0 Å². The van der Waals surface area contributed by atoms with Crippen molar-refractivity contribution in [3.05, 3.63) is 59.4 Å². The number of nitrogens with zero attached hydrogens (tertiary/aromatic N) is 1. The summed E-state index contributed by atoms with van der Waals surface area (Å²) >= 11 is 0. The maximum Gasteiger partial charge on any atom is 0.274 e. The second kappa shape index (κ2) is 8.55. The summed E-state index contributed by atoms with van der Waals surface area (Å²) < 4.78 is 0. The molecule has 28 heavy (non-hydrogen) atoms. The van der Waals surface area contributed by atoms with E-state index in [0.29, 0.717) is 5.56 Å². The molecule has 0 aliphatic heterocycles. The molecule has 1 aliphatic carbocycles. The Balaban J connectivity index is 1.73. The van der Waals surface area contributed by atoms with Crippen molar-refractivity contribution in [1.29, 1.82) is 0 Å². The van der Waals surface area contributed by atoms with Gasteiger partial charge in [0.2, 0.25) is 0 Å². The lowest BCUT2D eigenvalue weighted by atomic mass is 9.86. The van der Waals surface area contributed by atoms with Crippen LogP contribution in [0.15, 0.2) is 42.6 Å². The molecule has 0 unspecified atom stereocenters. The number of hydrogen-bond donors (Lipinski definition) is 2. The van der Waals surface area contributed by atoms with Gasteiger partial charge in [-0.15, -0.1) is 0 Å². The summed E-state index contributed by atoms with van der Waals surface area (Å²) in [5.74, 6) is -0.456. The van der Waals surface area contributed by atoms with Crippen molar-refractivity contribution in [1.82, 2.24) is 10.3 Å². The fraction of sp³-hybridized carbons (Fsp3) is 0.435. The zero-order valence-corrected chi connectivity index (χ0v) is 16.9. The third-order valence-corrected chi connectivity index (χ3v) is 5.18. The molecular weight excluding hydrogens is 350 g/mol. The Bertz CT molecular complexity index is 849. The molecule has 3 rings (SSSR count). The van der Waals surface area contributed by atoms with E-state index in [1.54, 1.807) is 12.1 Å². The van der Waals surface area contributed by atoms with Crippen LogP contribution in [-0.2, 0) is 5.41 Å². The first-order valence-corrected chi connectivity index (χ1v) is 10.0. The highest BCUT2D eigenvalue weighted by Gasteiger charge is 2.21. The van der Waals surface area contributed by atoms with Crippen molar-refractivity contribution in [2.75, 3.05) is 5.32 Å². The molecule has 148 valence electrons. The van der Waals surface area contributed by atoms with E-state index in [4.69, 9.17) is 0 Å². The van der Waals surface area contributed by atoms with Crippen LogP contribution in [0.1, 0.15) is 79.3 Å². The average Bonchev–Trinajstić information content (AvgIpc) is 2.68. The third kappa shape index (κ3) is 4.97. The molecule has 0 bridgehead atoms. The highest BCUT2D eigenvalue weighted by Crippen LogP contribution is 2.29. The molecule has 1 heterocycles. The van der Waals surface area contributed by atoms with E-state index in [9.17, 15) is 9.59 Å². The summed E-state index contributed by atoms with van der Waals surface area (Å²) in [5.41, 5.74) is 2.42. The van der Waals surface area contributed by atoms with Crippen LogP contribution < -0.4 is 10.6 Å². The normalized spacial score (nSPS) is 15.1. The minimum atomic E-state index is -0.316. The van der Waals surface area contributed by atoms with Crippen molar-refractivity contribution in [2.24, 2.45) is 0 Å². The summed E-state index contributed by atoms with van der Waals surface area (Å²) in [4.78, 5) is 29.5. The topological polar surface area (TPSA) is 71.1 Å². The molecule has 5 heteroatoms. The van der Waals surface area contributed by atoms with Crippen LogP contribution in [-0.4, -0.2) is 22.8 Å². The second-order valence-electron chi connectivity index (χ2n) is 8.49. The van der Waals surface area contributed by atoms with Crippen LogP contribution in [0.2, 0.25) is 0 Å². The van der Waals surface area contributed by atoms with Crippen molar-refractivity contribution < 1.29 is 9.59 Å². The minimum Gasteiger partial charge on any atom is -0.349 e. The highest BCUT2D eigenvalue weighted by atomic mass is 16.2. The van der Waals surface area contributed by atoms with E-state index < -0.39 is 0 Å². The molecule has 2 amide bonds. The van der Waals surface area contributed by atoms with Crippen LogP contribution in [0.4, 0.5) is 5.69 Å². The van der Waals surface area contributed by atoms with E-state index >= 15 is 0 Å². The summed E-state index contributed by atoms with van der Waals surface area (Å²) in [6.07, 6.45) is 7.11. The maximum atomic E-state index is 12.8. The van der Waals surface area contributed by atoms with Gasteiger partial charge in [0.15, 0.2) is 0 Å². The molecule has 0 spiro atoms. The second-order valence-corrected chi connectivity index (χ2v) is 8.49. The number of carbonyl (C=O) groups excluding carboxylic acids is 2. The molecule has 0 saturated heterocycles. The van der Waals surface area contributed by atoms with Crippen molar-refractivity contribution in [2.45, 2.75) is 64.3 Å². The maximum absolute atomic E-state index is 12.8. The predicted molar refractivity (Wildman–Crippen MR) is 112 cm³/mol. The molecule has 2 N–H and O–H groups in total. The number of pyridine rings is 1. The quantitative estimate of drug-likeness (QED) is 0.809. The van der Waals surface area contributed by atoms with Crippen molar-refractivity contribution >= 4 is 17.5 Å². The van der Waals surface area contributed by atoms with Gasteiger partial charge in [-0.25, -0.2) is 0 Å². The number of hydrogen-bond acceptors (Lipinski definition) is 3. The fourth-order valence-corrected chi connectivity index (χ4v) is 3.64. The van der Waals surface area contributed by atoms with Crippen LogP contribution in [0.5, 0.6) is 0 Å². The molecule has 1 aliphatic rings. The summed E-state index contributed by atoms with van der Waals surface area (Å²) in [6, 6.07) is 11.2. The number of benzene rings is 1. The first kappa shape index (κ1) is 20.1. The highest BCUT2D eigenvalue weighted by molar-refractivity contribution is 6.05. The van der Waals surface area contributed by atoms with Gasteiger partial charge >= 0.3 is 0 Å². The zero-order chi connectivity index (χ0) is 20.1. The molecule has 0 atom stereocenters. The van der Waals surface area contributed by atoms with Gasteiger partial charge in [0.05, 0.1) is 0 Å². The molecule has 1 fully saturated rings. The molecule has 2 aromatic rings. The van der Waals surface area contributed by atoms with Gasteiger partial charge in [-0.1, -0.05) is 58.2 Å². The number of carbonyl (C=O) groups is 2. The molecule has 0 radical (unpaired) electrons. The van der Waals surface area contributed by atoms with Gasteiger partial charge in [0, 0.05) is 23.5 Å². The van der Waals surface area contributed by atoms with Gasteiger partial charge in [0.25, 0.3) is 11.8 Å². The van der Waals surface area contributed by atoms with E-state index in [0.717, 1.165) is 36.9 Å². The van der Waals surface area contributed by atoms with Crippen molar-refractivity contribution in [3.8, 4) is 0 Å². The minimum absolute atomic E-state index is 0.0982. The lowest BCUT2D eigenvalue weighted by Crippen LogP contribution is -2.36. The number of aromatic nitrogens is 1. The first-order valence-electron chi connectivity index (χ1n) is 10.0. The van der Waals surface area contributed by atoms with E-state index in [-0.39, 0.29) is 29.0 Å². The Morgan fingerprint density at radius 3 is 2.43 bits per heavy atom. The number of anilines is 1. The number of para-hydroxylation sites is 1. The third-order valence-electron chi connectivity index (χ3n) is 5.18. The Morgan fingerprint density at radius 1 is 1.00 bits per heavy atom. The van der Waals surface area contributed by atoms with Gasteiger partial charge in [-0.2, -0.15) is 0 Å². The largest absolute Gasteiger partial charge is 0.349 e. The first-order chi connectivity index (χ1) is 13.3. The van der Waals surface area contributed by atoms with Crippen LogP contribution >= 0.6 is 0 Å². The molecule has 5 nitrogen and oxygen atoms in total. The standard InChI is InChI=1S/C23H29N3O2/c1-23(2,3)18-11-7-8-12-19(18)26-22(28)20-15-16(13-14-24-20)21(27)25-17-9-5-4-6-10-17/h7-8,11-15,17H,4-6,9-10H2,1-3H3,(H,25,27)(H,26,28). The van der Waals surface area contributed by atoms with Gasteiger partial charge in [0.1, 0.15) is 5.69 Å². The van der Waals surface area contributed by atoms with Gasteiger partial charge in [-0.3, -0.25) is 14.6 Å². The monoisotopic (exact) mass is 379 g/mol. The zero-order valence-electron chi connectivity index (χ0n) is 16.9. The fourth-order valence-electron chi connectivity index (χ4n) is 3.64. The molecule has 1 saturated carbocycles. The SMILES string of the molecule is CC(C)(C)c1ccccc1NC(=O)c1cc(C(=O)NC2CCCCC2)ccn1. The van der Waals surface area contributed by atoms with E-state index in [1.807, 2.05) is 24.3 Å². The van der Waals surface area contributed by atoms with E-state index in [2.05, 4.69) is 36.4 Å². The lowest BCUT2D eigenvalue weighted by molar-refractivity contribution is 0.0927. The number of nitrogens with one attached hydrogen (secondary N) is 2. The number of amides is 2. The lowest BCUT2D eigenvalue weighted by Gasteiger charge is -2.23. The summed E-state index contributed by atoms with van der Waals surface area (Å²) in [5, 5.41) is 6.03. The molecular formula is C23H29N3O2. The number of rotatable bonds is 4. The smallest absolute Gasteiger partial charge is 0.274 e. The molecule has 1 aromatic carbocycles. The van der Waals surface area contributed by atoms with Crippen LogP contribution in [0.25, 0.3) is 0 Å². The summed E-state index contributed by atoms with van der Waals surface area (Å²) in [7, 11) is 0. The molecule has 1 aromatic heterocycles. The van der Waals surface area contributed by atoms with Crippen LogP contribution in [0, 0.1) is 0 Å². The average molecular weight is 380 g/mol. The predicted octanol–water partition coefficient (Wildman–Crippen LogP) is 4.69. The Kier molecular flexibility index (Phi) is 6.12. The van der Waals surface area contributed by atoms with Gasteiger partial charge in [-0.05, 0) is 42.0 Å². The Hall–Kier alpha value is -2.69. The Labute approximate surface area is 167 Å². The summed E-state index contributed by atoms with van der Waals surface area (Å²) in [6.45, 7) is 6.31. The Morgan fingerprint density at radius 2 is 1.71 bits per heavy atom.